The molecule has 0 amide bonds. The zero-order valence-corrected chi connectivity index (χ0v) is 11.8. The molecular formula is C11H16BrNO2S. The molecule has 16 heavy (non-hydrogen) atoms. The van der Waals surface area contributed by atoms with Crippen LogP contribution in [-0.4, -0.2) is 16.6 Å². The molecule has 1 unspecified atom stereocenters. The number of hydrogen-bond donors (Lipinski definition) is 2. The molecule has 3 nitrogen and oxygen atoms in total. The SMILES string of the molecule is CCCC(C)(NCc1cc(Br)cs1)C(=O)O. The molecule has 0 aliphatic rings. The predicted octanol–water partition coefficient (Wildman–Crippen LogP) is 3.24. The van der Waals surface area contributed by atoms with Crippen molar-refractivity contribution in [2.75, 3.05) is 0 Å². The van der Waals surface area contributed by atoms with Gasteiger partial charge < -0.3 is 5.11 Å². The van der Waals surface area contributed by atoms with Crippen LogP contribution in [0, 0.1) is 0 Å². The molecule has 0 bridgehead atoms. The van der Waals surface area contributed by atoms with Gasteiger partial charge in [0.25, 0.3) is 0 Å². The first kappa shape index (κ1) is 13.7. The molecular weight excluding hydrogens is 290 g/mol. The van der Waals surface area contributed by atoms with Gasteiger partial charge in [0.15, 0.2) is 0 Å². The molecule has 5 heteroatoms. The van der Waals surface area contributed by atoms with Gasteiger partial charge in [0.05, 0.1) is 0 Å². The minimum atomic E-state index is -0.828. The second-order valence-electron chi connectivity index (χ2n) is 3.97. The quantitative estimate of drug-likeness (QED) is 0.848. The van der Waals surface area contributed by atoms with Crippen molar-refractivity contribution in [2.45, 2.75) is 38.8 Å². The molecule has 1 atom stereocenters. The summed E-state index contributed by atoms with van der Waals surface area (Å²) in [7, 11) is 0. The Morgan fingerprint density at radius 1 is 1.69 bits per heavy atom. The monoisotopic (exact) mass is 305 g/mol. The lowest BCUT2D eigenvalue weighted by Crippen LogP contribution is -2.48. The summed E-state index contributed by atoms with van der Waals surface area (Å²) < 4.78 is 1.04. The van der Waals surface area contributed by atoms with Crippen LogP contribution in [-0.2, 0) is 11.3 Å². The molecule has 0 spiro atoms. The van der Waals surface area contributed by atoms with Gasteiger partial charge in [-0.25, -0.2) is 0 Å². The molecule has 1 heterocycles. The molecule has 90 valence electrons. The Hall–Kier alpha value is -0.390. The first-order chi connectivity index (χ1) is 7.48. The fraction of sp³-hybridized carbons (Fsp3) is 0.545. The summed E-state index contributed by atoms with van der Waals surface area (Å²) in [4.78, 5) is 12.3. The highest BCUT2D eigenvalue weighted by Crippen LogP contribution is 2.21. The Kier molecular flexibility index (Phi) is 4.95. The third-order valence-electron chi connectivity index (χ3n) is 2.50. The van der Waals surface area contributed by atoms with E-state index >= 15 is 0 Å². The van der Waals surface area contributed by atoms with E-state index < -0.39 is 11.5 Å². The van der Waals surface area contributed by atoms with Gasteiger partial charge in [-0.05, 0) is 35.3 Å². The van der Waals surface area contributed by atoms with E-state index in [0.29, 0.717) is 13.0 Å². The lowest BCUT2D eigenvalue weighted by Gasteiger charge is -2.25. The molecule has 1 rings (SSSR count). The standard InChI is InChI=1S/C11H16BrNO2S/c1-3-4-11(2,10(14)15)13-6-9-5-8(12)7-16-9/h5,7,13H,3-4,6H2,1-2H3,(H,14,15). The van der Waals surface area contributed by atoms with E-state index in [9.17, 15) is 9.90 Å². The molecule has 0 aliphatic heterocycles. The first-order valence-corrected chi connectivity index (χ1v) is 6.86. The van der Waals surface area contributed by atoms with Crippen molar-refractivity contribution in [3.8, 4) is 0 Å². The van der Waals surface area contributed by atoms with E-state index in [-0.39, 0.29) is 0 Å². The third kappa shape index (κ3) is 3.57. The molecule has 0 radical (unpaired) electrons. The highest BCUT2D eigenvalue weighted by molar-refractivity contribution is 9.10. The maximum Gasteiger partial charge on any atom is 0.323 e. The van der Waals surface area contributed by atoms with Crippen molar-refractivity contribution in [2.24, 2.45) is 0 Å². The molecule has 0 aliphatic carbocycles. The zero-order valence-electron chi connectivity index (χ0n) is 9.42. The average molecular weight is 306 g/mol. The van der Waals surface area contributed by atoms with Crippen molar-refractivity contribution in [1.29, 1.82) is 0 Å². The summed E-state index contributed by atoms with van der Waals surface area (Å²) in [6.07, 6.45) is 1.48. The van der Waals surface area contributed by atoms with Crippen molar-refractivity contribution in [1.82, 2.24) is 5.32 Å². The molecule has 0 saturated heterocycles. The number of aliphatic carboxylic acids is 1. The fourth-order valence-corrected chi connectivity index (χ4v) is 2.89. The van der Waals surface area contributed by atoms with Crippen LogP contribution in [0.25, 0.3) is 0 Å². The highest BCUT2D eigenvalue weighted by Gasteiger charge is 2.31. The van der Waals surface area contributed by atoms with Crippen LogP contribution in [0.5, 0.6) is 0 Å². The Bertz CT molecular complexity index is 367. The summed E-state index contributed by atoms with van der Waals surface area (Å²) in [5.41, 5.74) is -0.828. The predicted molar refractivity (Wildman–Crippen MR) is 69.8 cm³/mol. The van der Waals surface area contributed by atoms with Crippen LogP contribution >= 0.6 is 27.3 Å². The largest absolute Gasteiger partial charge is 0.480 e. The smallest absolute Gasteiger partial charge is 0.323 e. The number of hydrogen-bond acceptors (Lipinski definition) is 3. The van der Waals surface area contributed by atoms with Gasteiger partial charge in [0.1, 0.15) is 5.54 Å². The number of carboxylic acids is 1. The molecule has 0 aromatic carbocycles. The van der Waals surface area contributed by atoms with E-state index in [1.54, 1.807) is 18.3 Å². The van der Waals surface area contributed by atoms with Crippen molar-refractivity contribution in [3.05, 3.63) is 20.8 Å². The van der Waals surface area contributed by atoms with Gasteiger partial charge in [-0.2, -0.15) is 0 Å². The van der Waals surface area contributed by atoms with Gasteiger partial charge >= 0.3 is 5.97 Å². The molecule has 0 fully saturated rings. The van der Waals surface area contributed by atoms with E-state index in [1.807, 2.05) is 18.4 Å². The minimum Gasteiger partial charge on any atom is -0.480 e. The van der Waals surface area contributed by atoms with E-state index in [2.05, 4.69) is 21.2 Å². The van der Waals surface area contributed by atoms with Crippen LogP contribution in [0.4, 0.5) is 0 Å². The van der Waals surface area contributed by atoms with Gasteiger partial charge in [-0.3, -0.25) is 10.1 Å². The van der Waals surface area contributed by atoms with Crippen LogP contribution in [0.1, 0.15) is 31.6 Å². The van der Waals surface area contributed by atoms with Gasteiger partial charge in [0.2, 0.25) is 0 Å². The second-order valence-corrected chi connectivity index (χ2v) is 5.88. The number of carbonyl (C=O) groups is 1. The Balaban J connectivity index is 2.60. The lowest BCUT2D eigenvalue weighted by molar-refractivity contribution is -0.144. The topological polar surface area (TPSA) is 49.3 Å². The summed E-state index contributed by atoms with van der Waals surface area (Å²) in [5, 5.41) is 14.3. The van der Waals surface area contributed by atoms with Gasteiger partial charge in [-0.15, -0.1) is 11.3 Å². The fourth-order valence-electron chi connectivity index (χ4n) is 1.50. The van der Waals surface area contributed by atoms with Gasteiger partial charge in [0, 0.05) is 21.3 Å². The normalized spacial score (nSPS) is 14.7. The number of carboxylic acid groups (broad SMARTS) is 1. The van der Waals surface area contributed by atoms with E-state index in [1.165, 1.54) is 0 Å². The van der Waals surface area contributed by atoms with Gasteiger partial charge in [-0.1, -0.05) is 13.3 Å². The summed E-state index contributed by atoms with van der Waals surface area (Å²) in [6, 6.07) is 2.01. The number of rotatable bonds is 6. The van der Waals surface area contributed by atoms with Crippen LogP contribution in [0.15, 0.2) is 15.9 Å². The first-order valence-electron chi connectivity index (χ1n) is 5.19. The van der Waals surface area contributed by atoms with Crippen LogP contribution < -0.4 is 5.32 Å². The Morgan fingerprint density at radius 3 is 2.81 bits per heavy atom. The Labute approximate surface area is 108 Å². The Morgan fingerprint density at radius 2 is 2.38 bits per heavy atom. The number of nitrogens with one attached hydrogen (secondary N) is 1. The summed E-state index contributed by atoms with van der Waals surface area (Å²) >= 11 is 5.00. The maximum absolute atomic E-state index is 11.2. The number of thiophene rings is 1. The third-order valence-corrected chi connectivity index (χ3v) is 4.19. The van der Waals surface area contributed by atoms with E-state index in [4.69, 9.17) is 0 Å². The second kappa shape index (κ2) is 5.80. The lowest BCUT2D eigenvalue weighted by atomic mass is 9.96. The molecule has 0 saturated carbocycles. The van der Waals surface area contributed by atoms with Crippen LogP contribution in [0.2, 0.25) is 0 Å². The van der Waals surface area contributed by atoms with E-state index in [0.717, 1.165) is 15.8 Å². The maximum atomic E-state index is 11.2. The van der Waals surface area contributed by atoms with Crippen molar-refractivity contribution in [3.63, 3.8) is 0 Å². The van der Waals surface area contributed by atoms with Crippen molar-refractivity contribution < 1.29 is 9.90 Å². The zero-order chi connectivity index (χ0) is 12.2. The van der Waals surface area contributed by atoms with Crippen LogP contribution in [0.3, 0.4) is 0 Å². The number of halogens is 1. The summed E-state index contributed by atoms with van der Waals surface area (Å²) in [5.74, 6) is -0.787. The molecule has 1 aromatic rings. The molecule has 2 N–H and O–H groups in total. The summed E-state index contributed by atoms with van der Waals surface area (Å²) in [6.45, 7) is 4.32. The molecule has 1 aromatic heterocycles. The van der Waals surface area contributed by atoms with Crippen molar-refractivity contribution >= 4 is 33.2 Å². The highest BCUT2D eigenvalue weighted by atomic mass is 79.9. The average Bonchev–Trinajstić information content (AvgIpc) is 2.61. The minimum absolute atomic E-state index is 0.596.